The van der Waals surface area contributed by atoms with E-state index in [1.165, 1.54) is 22.2 Å². The second-order valence-corrected chi connectivity index (χ2v) is 9.18. The number of nitrogens with zero attached hydrogens (tertiary/aromatic N) is 2. The Kier molecular flexibility index (Phi) is 8.24. The van der Waals surface area contributed by atoms with Crippen molar-refractivity contribution in [2.45, 2.75) is 43.9 Å². The van der Waals surface area contributed by atoms with Crippen molar-refractivity contribution < 1.29 is 4.79 Å². The molecule has 172 valence electrons. The van der Waals surface area contributed by atoms with Gasteiger partial charge in [0.25, 0.3) is 0 Å². The van der Waals surface area contributed by atoms with Crippen LogP contribution in [0.4, 0.5) is 0 Å². The molecule has 0 aliphatic heterocycles. The van der Waals surface area contributed by atoms with Gasteiger partial charge in [-0.05, 0) is 48.0 Å². The Hall–Kier alpha value is -3.27. The minimum absolute atomic E-state index is 0.0670. The second kappa shape index (κ2) is 11.7. The fourth-order valence-corrected chi connectivity index (χ4v) is 4.58. The maximum absolute atomic E-state index is 12.6. The largest absolute Gasteiger partial charge is 0.356 e. The summed E-state index contributed by atoms with van der Waals surface area (Å²) in [6, 6.07) is 25.5. The molecule has 4 nitrogen and oxygen atoms in total. The number of hydrogen-bond acceptors (Lipinski definition) is 2. The Bertz CT molecular complexity index is 1190. The fourth-order valence-electron chi connectivity index (χ4n) is 4.58. The monoisotopic (exact) mass is 449 g/mol. The highest BCUT2D eigenvalue weighted by Gasteiger charge is 2.21. The lowest BCUT2D eigenvalue weighted by molar-refractivity contribution is -0.121. The number of aromatic nitrogens is 2. The molecule has 0 fully saturated rings. The zero-order chi connectivity index (χ0) is 23.8. The Balaban J connectivity index is 1.23. The third kappa shape index (κ3) is 5.80. The predicted molar refractivity (Wildman–Crippen MR) is 147 cm³/mol. The van der Waals surface area contributed by atoms with Crippen molar-refractivity contribution in [1.29, 1.82) is 0 Å². The Morgan fingerprint density at radius 1 is 0.912 bits per heavy atom. The first-order valence-electron chi connectivity index (χ1n) is 12.5. The Labute approximate surface area is 204 Å². The van der Waals surface area contributed by atoms with Gasteiger partial charge in [-0.2, -0.15) is 0 Å². The molecule has 2 heterocycles. The van der Waals surface area contributed by atoms with E-state index in [-0.39, 0.29) is 17.5 Å². The third-order valence-corrected chi connectivity index (χ3v) is 6.86. The van der Waals surface area contributed by atoms with E-state index >= 15 is 0 Å². The molecule has 1 amide bonds. The van der Waals surface area contributed by atoms with Gasteiger partial charge in [-0.15, -0.1) is 0 Å². The van der Waals surface area contributed by atoms with Crippen LogP contribution in [0.3, 0.4) is 0 Å². The number of rotatable bonds is 11. The molecule has 0 aliphatic rings. The summed E-state index contributed by atoms with van der Waals surface area (Å²) in [5.41, 5.74) is 4.95. The number of fused-ring (bicyclic) bond motifs is 1. The SMILES string of the molecule is BC(C(=O)NCCCCCCn1c(-c2ccccc2)cc2ccccc21)C(B)c1cccnc1. The van der Waals surface area contributed by atoms with Crippen LogP contribution >= 0.6 is 0 Å². The smallest absolute Gasteiger partial charge is 0.214 e. The van der Waals surface area contributed by atoms with Crippen LogP contribution in [0.2, 0.25) is 5.82 Å². The summed E-state index contributed by atoms with van der Waals surface area (Å²) in [5.74, 6) is 0.217. The van der Waals surface area contributed by atoms with Crippen LogP contribution in [0, 0.1) is 0 Å². The Morgan fingerprint density at radius 3 is 2.47 bits per heavy atom. The molecule has 0 radical (unpaired) electrons. The Morgan fingerprint density at radius 2 is 1.68 bits per heavy atom. The summed E-state index contributed by atoms with van der Waals surface area (Å²) in [6.07, 6.45) is 8.03. The number of aryl methyl sites for hydroxylation is 1. The normalized spacial score (nSPS) is 12.9. The van der Waals surface area contributed by atoms with Crippen molar-refractivity contribution in [3.8, 4) is 11.3 Å². The standard InChI is InChI=1S/C28H33B2N3O/c29-26(23-14-10-16-31-20-23)27(30)28(34)32-17-8-1-2-9-18-33-24-15-7-6-13-22(24)19-25(33)21-11-4-3-5-12-21/h3-7,10-16,19-20,26-27H,1-2,8-9,17-18,29-30H2,(H,32,34). The van der Waals surface area contributed by atoms with Crippen LogP contribution < -0.4 is 5.32 Å². The molecular weight excluding hydrogens is 416 g/mol. The van der Waals surface area contributed by atoms with Crippen molar-refractivity contribution in [1.82, 2.24) is 14.9 Å². The lowest BCUT2D eigenvalue weighted by atomic mass is 9.63. The molecule has 0 saturated heterocycles. The molecule has 1 N–H and O–H groups in total. The van der Waals surface area contributed by atoms with Crippen molar-refractivity contribution >= 4 is 32.5 Å². The lowest BCUT2D eigenvalue weighted by Gasteiger charge is -2.19. The molecule has 2 aromatic heterocycles. The van der Waals surface area contributed by atoms with Gasteiger partial charge in [-0.25, -0.2) is 0 Å². The van der Waals surface area contributed by atoms with Crippen LogP contribution in [-0.2, 0) is 11.3 Å². The molecule has 6 heteroatoms. The molecule has 34 heavy (non-hydrogen) atoms. The first-order valence-corrected chi connectivity index (χ1v) is 12.5. The minimum atomic E-state index is -0.0670. The molecule has 2 aromatic carbocycles. The van der Waals surface area contributed by atoms with E-state index in [2.05, 4.69) is 83.4 Å². The first-order chi connectivity index (χ1) is 16.6. The van der Waals surface area contributed by atoms with Gasteiger partial charge in [0.1, 0.15) is 15.7 Å². The molecule has 2 unspecified atom stereocenters. The zero-order valence-corrected chi connectivity index (χ0v) is 20.3. The molecule has 0 bridgehead atoms. The fraction of sp³-hybridized carbons (Fsp3) is 0.286. The van der Waals surface area contributed by atoms with Gasteiger partial charge < -0.3 is 9.88 Å². The lowest BCUT2D eigenvalue weighted by Crippen LogP contribution is -2.31. The van der Waals surface area contributed by atoms with E-state index in [9.17, 15) is 4.79 Å². The molecule has 4 rings (SSSR count). The number of unbranched alkanes of at least 4 members (excludes halogenated alkanes) is 3. The van der Waals surface area contributed by atoms with Gasteiger partial charge in [0.05, 0.1) is 0 Å². The number of benzene rings is 2. The average molecular weight is 449 g/mol. The van der Waals surface area contributed by atoms with Crippen molar-refractivity contribution in [2.75, 3.05) is 6.54 Å². The number of carbonyl (C=O) groups is 1. The number of amides is 1. The molecule has 4 aromatic rings. The van der Waals surface area contributed by atoms with E-state index in [0.29, 0.717) is 0 Å². The summed E-state index contributed by atoms with van der Waals surface area (Å²) >= 11 is 0. The maximum Gasteiger partial charge on any atom is 0.214 e. The van der Waals surface area contributed by atoms with E-state index in [1.807, 2.05) is 26.2 Å². The number of para-hydroxylation sites is 1. The maximum atomic E-state index is 12.6. The first kappa shape index (κ1) is 23.9. The highest BCUT2D eigenvalue weighted by atomic mass is 16.1. The van der Waals surface area contributed by atoms with Crippen LogP contribution in [0.25, 0.3) is 22.2 Å². The van der Waals surface area contributed by atoms with Gasteiger partial charge in [0.15, 0.2) is 0 Å². The number of hydrogen-bond donors (Lipinski definition) is 1. The average Bonchev–Trinajstić information content (AvgIpc) is 3.26. The minimum Gasteiger partial charge on any atom is -0.356 e. The van der Waals surface area contributed by atoms with Gasteiger partial charge in [-0.3, -0.25) is 9.78 Å². The number of pyridine rings is 1. The number of nitrogens with one attached hydrogen (secondary N) is 1. The van der Waals surface area contributed by atoms with Crippen LogP contribution in [0.15, 0.2) is 85.2 Å². The van der Waals surface area contributed by atoms with E-state index in [1.54, 1.807) is 6.20 Å². The summed E-state index contributed by atoms with van der Waals surface area (Å²) < 4.78 is 2.45. The topological polar surface area (TPSA) is 46.9 Å². The van der Waals surface area contributed by atoms with Gasteiger partial charge in [0, 0.05) is 47.9 Å². The predicted octanol–water partition coefficient (Wildman–Crippen LogP) is 4.18. The number of carbonyl (C=O) groups excluding carboxylic acids is 1. The summed E-state index contributed by atoms with van der Waals surface area (Å²) in [4.78, 5) is 16.7. The van der Waals surface area contributed by atoms with E-state index in [4.69, 9.17) is 0 Å². The van der Waals surface area contributed by atoms with Crippen LogP contribution in [0.5, 0.6) is 0 Å². The summed E-state index contributed by atoms with van der Waals surface area (Å²) in [7, 11) is 4.09. The molecular formula is C28H33B2N3O. The van der Waals surface area contributed by atoms with Crippen LogP contribution in [0.1, 0.15) is 37.1 Å². The molecule has 0 saturated carbocycles. The summed E-state index contributed by atoms with van der Waals surface area (Å²) in [5, 5.41) is 4.42. The quantitative estimate of drug-likeness (QED) is 0.276. The molecule has 0 aliphatic carbocycles. The summed E-state index contributed by atoms with van der Waals surface area (Å²) in [6.45, 7) is 1.74. The van der Waals surface area contributed by atoms with Crippen LogP contribution in [-0.4, -0.2) is 37.7 Å². The molecule has 2 atom stereocenters. The van der Waals surface area contributed by atoms with Gasteiger partial charge in [-0.1, -0.05) is 67.4 Å². The highest BCUT2D eigenvalue weighted by molar-refractivity contribution is 6.30. The highest BCUT2D eigenvalue weighted by Crippen LogP contribution is 2.29. The van der Waals surface area contributed by atoms with Gasteiger partial charge >= 0.3 is 0 Å². The van der Waals surface area contributed by atoms with Gasteiger partial charge in [0.2, 0.25) is 5.91 Å². The van der Waals surface area contributed by atoms with E-state index < -0.39 is 0 Å². The van der Waals surface area contributed by atoms with E-state index in [0.717, 1.165) is 44.3 Å². The van der Waals surface area contributed by atoms with Crippen molar-refractivity contribution in [3.63, 3.8) is 0 Å². The van der Waals surface area contributed by atoms with Crippen molar-refractivity contribution in [2.24, 2.45) is 0 Å². The second-order valence-electron chi connectivity index (χ2n) is 9.18. The third-order valence-electron chi connectivity index (χ3n) is 6.86. The van der Waals surface area contributed by atoms with Crippen molar-refractivity contribution in [3.05, 3.63) is 90.8 Å². The zero-order valence-electron chi connectivity index (χ0n) is 20.3. The molecule has 0 spiro atoms.